The van der Waals surface area contributed by atoms with Gasteiger partial charge in [-0.25, -0.2) is 0 Å². The highest BCUT2D eigenvalue weighted by molar-refractivity contribution is 5.92. The molecule has 0 saturated carbocycles. The molecule has 0 aliphatic carbocycles. The minimum atomic E-state index is -0.164. The summed E-state index contributed by atoms with van der Waals surface area (Å²) in [5, 5.41) is 0. The van der Waals surface area contributed by atoms with Crippen LogP contribution in [-0.4, -0.2) is 15.8 Å². The average molecular weight is 296 g/mol. The zero-order chi connectivity index (χ0) is 15.4. The molecule has 0 radical (unpaired) electrons. The molecule has 3 aromatic rings. The first-order chi connectivity index (χ1) is 10.7. The van der Waals surface area contributed by atoms with Gasteiger partial charge in [0.25, 0.3) is 5.91 Å². The lowest BCUT2D eigenvalue weighted by molar-refractivity contribution is 0.0684. The van der Waals surface area contributed by atoms with Crippen LogP contribution in [0.2, 0.25) is 0 Å². The standard InChI is InChI=1S/C17H16N2O3/c1-13-6-9-22-16(13)17(20)19(12-15-5-3-8-21-15)11-14-4-2-7-18-10-14/h2-10H,11-12H2,1H3. The highest BCUT2D eigenvalue weighted by Crippen LogP contribution is 2.17. The molecule has 0 unspecified atom stereocenters. The Morgan fingerprint density at radius 2 is 2.05 bits per heavy atom. The van der Waals surface area contributed by atoms with Gasteiger partial charge in [-0.15, -0.1) is 0 Å². The Morgan fingerprint density at radius 3 is 2.68 bits per heavy atom. The maximum atomic E-state index is 12.7. The highest BCUT2D eigenvalue weighted by Gasteiger charge is 2.22. The van der Waals surface area contributed by atoms with E-state index in [1.54, 1.807) is 35.7 Å². The number of aromatic nitrogens is 1. The number of aryl methyl sites for hydroxylation is 1. The molecule has 112 valence electrons. The van der Waals surface area contributed by atoms with Gasteiger partial charge < -0.3 is 13.7 Å². The molecular formula is C17H16N2O3. The van der Waals surface area contributed by atoms with Crippen molar-refractivity contribution in [1.29, 1.82) is 0 Å². The van der Waals surface area contributed by atoms with Gasteiger partial charge in [0.15, 0.2) is 5.76 Å². The van der Waals surface area contributed by atoms with E-state index in [-0.39, 0.29) is 5.91 Å². The first kappa shape index (κ1) is 14.1. The molecule has 1 amide bonds. The summed E-state index contributed by atoms with van der Waals surface area (Å²) in [6.45, 7) is 2.67. The zero-order valence-electron chi connectivity index (χ0n) is 12.2. The summed E-state index contributed by atoms with van der Waals surface area (Å²) in [6.07, 6.45) is 6.58. The third-order valence-electron chi connectivity index (χ3n) is 3.37. The van der Waals surface area contributed by atoms with Crippen LogP contribution < -0.4 is 0 Å². The largest absolute Gasteiger partial charge is 0.467 e. The maximum absolute atomic E-state index is 12.7. The number of hydrogen-bond acceptors (Lipinski definition) is 4. The lowest BCUT2D eigenvalue weighted by Crippen LogP contribution is -2.30. The van der Waals surface area contributed by atoms with Crippen molar-refractivity contribution in [3.8, 4) is 0 Å². The number of amides is 1. The average Bonchev–Trinajstić information content (AvgIpc) is 3.18. The van der Waals surface area contributed by atoms with Crippen molar-refractivity contribution < 1.29 is 13.6 Å². The molecule has 3 heterocycles. The van der Waals surface area contributed by atoms with Crippen molar-refractivity contribution >= 4 is 5.91 Å². The van der Waals surface area contributed by atoms with Crippen LogP contribution >= 0.6 is 0 Å². The van der Waals surface area contributed by atoms with E-state index in [1.807, 2.05) is 25.1 Å². The number of carbonyl (C=O) groups excluding carboxylic acids is 1. The zero-order valence-corrected chi connectivity index (χ0v) is 12.2. The molecule has 3 rings (SSSR count). The van der Waals surface area contributed by atoms with E-state index in [1.165, 1.54) is 6.26 Å². The van der Waals surface area contributed by atoms with Crippen LogP contribution in [0.25, 0.3) is 0 Å². The van der Waals surface area contributed by atoms with Crippen molar-refractivity contribution in [2.75, 3.05) is 0 Å². The van der Waals surface area contributed by atoms with Crippen LogP contribution in [0.3, 0.4) is 0 Å². The van der Waals surface area contributed by atoms with Gasteiger partial charge in [0.05, 0.1) is 19.1 Å². The third-order valence-corrected chi connectivity index (χ3v) is 3.37. The Morgan fingerprint density at radius 1 is 1.14 bits per heavy atom. The summed E-state index contributed by atoms with van der Waals surface area (Å²) in [7, 11) is 0. The molecule has 3 aromatic heterocycles. The predicted molar refractivity (Wildman–Crippen MR) is 80.0 cm³/mol. The van der Waals surface area contributed by atoms with Crippen molar-refractivity contribution in [3.05, 3.63) is 77.9 Å². The molecule has 0 fully saturated rings. The maximum Gasteiger partial charge on any atom is 0.290 e. The lowest BCUT2D eigenvalue weighted by atomic mass is 10.2. The predicted octanol–water partition coefficient (Wildman–Crippen LogP) is 3.42. The monoisotopic (exact) mass is 296 g/mol. The second-order valence-electron chi connectivity index (χ2n) is 5.03. The molecule has 0 aliphatic rings. The first-order valence-electron chi connectivity index (χ1n) is 6.98. The topological polar surface area (TPSA) is 59.5 Å². The molecule has 22 heavy (non-hydrogen) atoms. The first-order valence-corrected chi connectivity index (χ1v) is 6.98. The van der Waals surface area contributed by atoms with Gasteiger partial charge in [0, 0.05) is 24.5 Å². The van der Waals surface area contributed by atoms with E-state index < -0.39 is 0 Å². The number of rotatable bonds is 5. The Labute approximate surface area is 128 Å². The van der Waals surface area contributed by atoms with E-state index in [0.29, 0.717) is 18.8 Å². The lowest BCUT2D eigenvalue weighted by Gasteiger charge is -2.21. The smallest absolute Gasteiger partial charge is 0.290 e. The fraction of sp³-hybridized carbons (Fsp3) is 0.176. The molecule has 5 nitrogen and oxygen atoms in total. The van der Waals surface area contributed by atoms with Crippen molar-refractivity contribution in [2.45, 2.75) is 20.0 Å². The molecule has 0 bridgehead atoms. The van der Waals surface area contributed by atoms with Crippen LogP contribution in [0, 0.1) is 6.92 Å². The number of nitrogens with zero attached hydrogens (tertiary/aromatic N) is 2. The molecule has 0 spiro atoms. The summed E-state index contributed by atoms with van der Waals surface area (Å²) in [5.74, 6) is 0.916. The molecular weight excluding hydrogens is 280 g/mol. The van der Waals surface area contributed by atoms with E-state index in [0.717, 1.165) is 16.9 Å². The Kier molecular flexibility index (Phi) is 4.05. The normalized spacial score (nSPS) is 10.6. The fourth-order valence-corrected chi connectivity index (χ4v) is 2.24. The van der Waals surface area contributed by atoms with Gasteiger partial charge >= 0.3 is 0 Å². The van der Waals surface area contributed by atoms with E-state index in [4.69, 9.17) is 8.83 Å². The third kappa shape index (κ3) is 3.09. The number of furan rings is 2. The van der Waals surface area contributed by atoms with Gasteiger partial charge in [0.2, 0.25) is 0 Å². The van der Waals surface area contributed by atoms with Crippen LogP contribution in [0.1, 0.15) is 27.4 Å². The molecule has 0 saturated heterocycles. The number of pyridine rings is 1. The summed E-state index contributed by atoms with van der Waals surface area (Å²) in [5.41, 5.74) is 1.77. The van der Waals surface area contributed by atoms with Crippen molar-refractivity contribution in [1.82, 2.24) is 9.88 Å². The molecule has 5 heteroatoms. The number of hydrogen-bond donors (Lipinski definition) is 0. The highest BCUT2D eigenvalue weighted by atomic mass is 16.3. The molecule has 0 aromatic carbocycles. The van der Waals surface area contributed by atoms with E-state index >= 15 is 0 Å². The summed E-state index contributed by atoms with van der Waals surface area (Å²) < 4.78 is 10.7. The van der Waals surface area contributed by atoms with E-state index in [9.17, 15) is 4.79 Å². The van der Waals surface area contributed by atoms with Crippen molar-refractivity contribution in [2.24, 2.45) is 0 Å². The minimum Gasteiger partial charge on any atom is -0.467 e. The molecule has 0 aliphatic heterocycles. The molecule has 0 N–H and O–H groups in total. The van der Waals surface area contributed by atoms with Crippen molar-refractivity contribution in [3.63, 3.8) is 0 Å². The summed E-state index contributed by atoms with van der Waals surface area (Å²) >= 11 is 0. The van der Waals surface area contributed by atoms with Gasteiger partial charge in [-0.1, -0.05) is 6.07 Å². The van der Waals surface area contributed by atoms with Crippen LogP contribution in [0.4, 0.5) is 0 Å². The summed E-state index contributed by atoms with van der Waals surface area (Å²) in [4.78, 5) is 18.5. The summed E-state index contributed by atoms with van der Waals surface area (Å²) in [6, 6.07) is 9.22. The van der Waals surface area contributed by atoms with Gasteiger partial charge in [0.1, 0.15) is 5.76 Å². The Balaban J connectivity index is 1.85. The van der Waals surface area contributed by atoms with Crippen LogP contribution in [-0.2, 0) is 13.1 Å². The van der Waals surface area contributed by atoms with E-state index in [2.05, 4.69) is 4.98 Å². The fourth-order valence-electron chi connectivity index (χ4n) is 2.24. The second kappa shape index (κ2) is 6.30. The quantitative estimate of drug-likeness (QED) is 0.724. The Hall–Kier alpha value is -2.82. The second-order valence-corrected chi connectivity index (χ2v) is 5.03. The molecule has 0 atom stereocenters. The van der Waals surface area contributed by atoms with Crippen LogP contribution in [0.5, 0.6) is 0 Å². The SMILES string of the molecule is Cc1ccoc1C(=O)N(Cc1cccnc1)Cc1ccco1. The van der Waals surface area contributed by atoms with Gasteiger partial charge in [-0.05, 0) is 36.8 Å². The van der Waals surface area contributed by atoms with Gasteiger partial charge in [-0.2, -0.15) is 0 Å². The Bertz CT molecular complexity index is 732. The van der Waals surface area contributed by atoms with Crippen LogP contribution in [0.15, 0.2) is 64.1 Å². The van der Waals surface area contributed by atoms with Gasteiger partial charge in [-0.3, -0.25) is 9.78 Å². The number of carbonyl (C=O) groups is 1. The minimum absolute atomic E-state index is 0.164.